The van der Waals surface area contributed by atoms with Crippen LogP contribution in [0.5, 0.6) is 0 Å². The predicted molar refractivity (Wildman–Crippen MR) is 76.2 cm³/mol. The first kappa shape index (κ1) is 15.5. The summed E-state index contributed by atoms with van der Waals surface area (Å²) in [6.07, 6.45) is 4.91. The van der Waals surface area contributed by atoms with Gasteiger partial charge in [-0.25, -0.2) is 0 Å². The number of hydrogen-bond acceptors (Lipinski definition) is 2. The van der Waals surface area contributed by atoms with Crippen molar-refractivity contribution in [2.75, 3.05) is 6.54 Å². The van der Waals surface area contributed by atoms with E-state index in [1.165, 1.54) is 0 Å². The molecule has 106 valence electrons. The van der Waals surface area contributed by atoms with Crippen LogP contribution >= 0.6 is 0 Å². The zero-order valence-corrected chi connectivity index (χ0v) is 12.5. The molecule has 0 aromatic rings. The summed E-state index contributed by atoms with van der Waals surface area (Å²) in [5, 5.41) is 3.13. The fourth-order valence-corrected chi connectivity index (χ4v) is 2.84. The van der Waals surface area contributed by atoms with Gasteiger partial charge in [-0.05, 0) is 49.5 Å². The molecule has 18 heavy (non-hydrogen) atoms. The Kier molecular flexibility index (Phi) is 5.64. The highest BCUT2D eigenvalue weighted by atomic mass is 16.1. The van der Waals surface area contributed by atoms with Crippen molar-refractivity contribution in [1.29, 1.82) is 0 Å². The summed E-state index contributed by atoms with van der Waals surface area (Å²) in [6, 6.07) is 0.440. The van der Waals surface area contributed by atoms with Gasteiger partial charge in [0.2, 0.25) is 5.91 Å². The third-order valence-corrected chi connectivity index (χ3v) is 4.20. The molecule has 0 radical (unpaired) electrons. The number of carbonyl (C=O) groups excluding carboxylic acids is 1. The van der Waals surface area contributed by atoms with Crippen LogP contribution in [-0.4, -0.2) is 18.5 Å². The van der Waals surface area contributed by atoms with Crippen LogP contribution in [0.4, 0.5) is 0 Å². The van der Waals surface area contributed by atoms with Crippen molar-refractivity contribution in [3.63, 3.8) is 0 Å². The van der Waals surface area contributed by atoms with E-state index >= 15 is 0 Å². The average molecular weight is 254 g/mol. The summed E-state index contributed by atoms with van der Waals surface area (Å²) in [5.74, 6) is 1.54. The molecule has 1 saturated carbocycles. The van der Waals surface area contributed by atoms with Gasteiger partial charge in [-0.2, -0.15) is 0 Å². The SMILES string of the molecule is CC1CC(NC(=O)CCC(CCN)C(C)(C)C)C1. The van der Waals surface area contributed by atoms with E-state index in [-0.39, 0.29) is 11.3 Å². The maximum absolute atomic E-state index is 11.8. The Morgan fingerprint density at radius 2 is 1.94 bits per heavy atom. The summed E-state index contributed by atoms with van der Waals surface area (Å²) >= 11 is 0. The van der Waals surface area contributed by atoms with Gasteiger partial charge in [0.15, 0.2) is 0 Å². The van der Waals surface area contributed by atoms with Crippen molar-refractivity contribution in [2.24, 2.45) is 23.0 Å². The highest BCUT2D eigenvalue weighted by Gasteiger charge is 2.28. The predicted octanol–water partition coefficient (Wildman–Crippen LogP) is 2.69. The second kappa shape index (κ2) is 6.55. The molecule has 0 saturated heterocycles. The van der Waals surface area contributed by atoms with Crippen molar-refractivity contribution < 1.29 is 4.79 Å². The standard InChI is InChI=1S/C15H30N2O/c1-11-9-13(10-11)17-14(18)6-5-12(7-8-16)15(2,3)4/h11-13H,5-10,16H2,1-4H3,(H,17,18). The van der Waals surface area contributed by atoms with E-state index in [9.17, 15) is 4.79 Å². The highest BCUT2D eigenvalue weighted by molar-refractivity contribution is 5.76. The summed E-state index contributed by atoms with van der Waals surface area (Å²) in [6.45, 7) is 9.65. The number of hydrogen-bond donors (Lipinski definition) is 2. The van der Waals surface area contributed by atoms with Crippen LogP contribution in [0.3, 0.4) is 0 Å². The molecule has 1 unspecified atom stereocenters. The van der Waals surface area contributed by atoms with E-state index in [1.54, 1.807) is 0 Å². The lowest BCUT2D eigenvalue weighted by Gasteiger charge is -2.34. The monoisotopic (exact) mass is 254 g/mol. The molecule has 0 spiro atoms. The van der Waals surface area contributed by atoms with E-state index in [2.05, 4.69) is 33.0 Å². The Morgan fingerprint density at radius 3 is 2.39 bits per heavy atom. The van der Waals surface area contributed by atoms with Crippen LogP contribution in [0.15, 0.2) is 0 Å². The molecule has 0 aromatic heterocycles. The molecule has 0 heterocycles. The largest absolute Gasteiger partial charge is 0.353 e. The lowest BCUT2D eigenvalue weighted by Crippen LogP contribution is -2.43. The van der Waals surface area contributed by atoms with Crippen LogP contribution in [0.25, 0.3) is 0 Å². The molecule has 3 nitrogen and oxygen atoms in total. The minimum Gasteiger partial charge on any atom is -0.353 e. The van der Waals surface area contributed by atoms with Crippen molar-refractivity contribution in [3.8, 4) is 0 Å². The molecule has 1 amide bonds. The maximum atomic E-state index is 11.8. The Bertz CT molecular complexity index is 264. The van der Waals surface area contributed by atoms with Gasteiger partial charge >= 0.3 is 0 Å². The number of amides is 1. The zero-order valence-electron chi connectivity index (χ0n) is 12.5. The Labute approximate surface area is 112 Å². The molecule has 1 fully saturated rings. The molecule has 3 N–H and O–H groups in total. The number of carbonyl (C=O) groups is 1. The molecular weight excluding hydrogens is 224 g/mol. The Hall–Kier alpha value is -0.570. The van der Waals surface area contributed by atoms with Gasteiger partial charge < -0.3 is 11.1 Å². The quantitative estimate of drug-likeness (QED) is 0.765. The minimum atomic E-state index is 0.221. The van der Waals surface area contributed by atoms with Crippen molar-refractivity contribution in [2.45, 2.75) is 65.8 Å². The molecular formula is C15H30N2O. The van der Waals surface area contributed by atoms with E-state index in [0.29, 0.717) is 24.9 Å². The fourth-order valence-electron chi connectivity index (χ4n) is 2.84. The van der Waals surface area contributed by atoms with Gasteiger partial charge in [0.05, 0.1) is 0 Å². The van der Waals surface area contributed by atoms with Crippen molar-refractivity contribution >= 4 is 5.91 Å². The molecule has 0 aromatic carbocycles. The number of nitrogens with two attached hydrogens (primary N) is 1. The highest BCUT2D eigenvalue weighted by Crippen LogP contribution is 2.32. The lowest BCUT2D eigenvalue weighted by atomic mass is 9.76. The molecule has 0 aliphatic heterocycles. The summed E-state index contributed by atoms with van der Waals surface area (Å²) < 4.78 is 0. The smallest absolute Gasteiger partial charge is 0.220 e. The fraction of sp³-hybridized carbons (Fsp3) is 0.933. The summed E-state index contributed by atoms with van der Waals surface area (Å²) in [7, 11) is 0. The normalized spacial score (nSPS) is 25.4. The van der Waals surface area contributed by atoms with Crippen LogP contribution in [-0.2, 0) is 4.79 Å². The van der Waals surface area contributed by atoms with Gasteiger partial charge in [0.1, 0.15) is 0 Å². The van der Waals surface area contributed by atoms with Crippen molar-refractivity contribution in [1.82, 2.24) is 5.32 Å². The van der Waals surface area contributed by atoms with E-state index in [1.807, 2.05) is 0 Å². The van der Waals surface area contributed by atoms with E-state index < -0.39 is 0 Å². The molecule has 3 heteroatoms. The first-order valence-corrected chi connectivity index (χ1v) is 7.32. The van der Waals surface area contributed by atoms with Crippen LogP contribution in [0.1, 0.15) is 59.8 Å². The average Bonchev–Trinajstić information content (AvgIpc) is 2.20. The maximum Gasteiger partial charge on any atom is 0.220 e. The first-order chi connectivity index (χ1) is 8.32. The van der Waals surface area contributed by atoms with E-state index in [0.717, 1.165) is 31.6 Å². The van der Waals surface area contributed by atoms with Gasteiger partial charge in [0, 0.05) is 12.5 Å². The second-order valence-electron chi connectivity index (χ2n) is 7.02. The van der Waals surface area contributed by atoms with Gasteiger partial charge in [-0.1, -0.05) is 27.7 Å². The van der Waals surface area contributed by atoms with Crippen LogP contribution in [0.2, 0.25) is 0 Å². The topological polar surface area (TPSA) is 55.1 Å². The number of rotatable bonds is 6. The van der Waals surface area contributed by atoms with Crippen LogP contribution < -0.4 is 11.1 Å². The molecule has 0 bridgehead atoms. The van der Waals surface area contributed by atoms with Gasteiger partial charge in [-0.15, -0.1) is 0 Å². The van der Waals surface area contributed by atoms with E-state index in [4.69, 9.17) is 5.73 Å². The minimum absolute atomic E-state index is 0.221. The summed E-state index contributed by atoms with van der Waals surface area (Å²) in [5.41, 5.74) is 5.90. The van der Waals surface area contributed by atoms with Gasteiger partial charge in [0.25, 0.3) is 0 Å². The molecule has 1 atom stereocenters. The first-order valence-electron chi connectivity index (χ1n) is 7.32. The third-order valence-electron chi connectivity index (χ3n) is 4.20. The van der Waals surface area contributed by atoms with Gasteiger partial charge in [-0.3, -0.25) is 4.79 Å². The Morgan fingerprint density at radius 1 is 1.33 bits per heavy atom. The molecule has 1 aliphatic rings. The number of nitrogens with one attached hydrogen (secondary N) is 1. The molecule has 1 aliphatic carbocycles. The summed E-state index contributed by atoms with van der Waals surface area (Å²) in [4.78, 5) is 11.8. The second-order valence-corrected chi connectivity index (χ2v) is 7.02. The lowest BCUT2D eigenvalue weighted by molar-refractivity contribution is -0.123. The molecule has 1 rings (SSSR count). The zero-order chi connectivity index (χ0) is 13.8. The van der Waals surface area contributed by atoms with Crippen molar-refractivity contribution in [3.05, 3.63) is 0 Å². The van der Waals surface area contributed by atoms with Crippen LogP contribution in [0, 0.1) is 17.3 Å². The Balaban J connectivity index is 2.26. The third kappa shape index (κ3) is 4.97.